The van der Waals surface area contributed by atoms with E-state index in [0.717, 1.165) is 43.1 Å². The monoisotopic (exact) mass is 369 g/mol. The van der Waals surface area contributed by atoms with Crippen LogP contribution in [0.3, 0.4) is 0 Å². The lowest BCUT2D eigenvalue weighted by Gasteiger charge is -2.37. The minimum Gasteiger partial charge on any atom is -0.369 e. The summed E-state index contributed by atoms with van der Waals surface area (Å²) in [6, 6.07) is 8.64. The molecule has 0 spiro atoms. The Morgan fingerprint density at radius 3 is 2.52 bits per heavy atom. The largest absolute Gasteiger partial charge is 0.369 e. The maximum atomic E-state index is 12.8. The van der Waals surface area contributed by atoms with E-state index in [1.165, 1.54) is 11.3 Å². The van der Waals surface area contributed by atoms with Gasteiger partial charge < -0.3 is 9.80 Å². The van der Waals surface area contributed by atoms with Crippen LogP contribution in [0.5, 0.6) is 0 Å². The van der Waals surface area contributed by atoms with Gasteiger partial charge in [0.1, 0.15) is 0 Å². The number of aryl methyl sites for hydroxylation is 3. The minimum atomic E-state index is 0.0184. The molecule has 1 aromatic heterocycles. The van der Waals surface area contributed by atoms with E-state index in [0.29, 0.717) is 6.54 Å². The number of aromatic nitrogens is 2. The van der Waals surface area contributed by atoms with E-state index in [9.17, 15) is 4.79 Å². The Morgan fingerprint density at radius 2 is 1.93 bits per heavy atom. The molecule has 1 aliphatic heterocycles. The van der Waals surface area contributed by atoms with Crippen LogP contribution >= 0.6 is 0 Å². The fraction of sp³-hybridized carbons (Fsp3) is 0.524. The number of aromatic amines is 1. The fourth-order valence-electron chi connectivity index (χ4n) is 3.88. The number of hydrogen-bond acceptors (Lipinski definition) is 4. The number of nitrogens with zero attached hydrogens (tertiary/aromatic N) is 4. The third kappa shape index (κ3) is 4.33. The molecule has 0 radical (unpaired) electrons. The van der Waals surface area contributed by atoms with E-state index in [1.807, 2.05) is 25.8 Å². The van der Waals surface area contributed by atoms with Crippen LogP contribution in [0.4, 0.5) is 5.69 Å². The molecule has 6 heteroatoms. The number of nitrogens with one attached hydrogen (secondary N) is 1. The fourth-order valence-corrected chi connectivity index (χ4v) is 3.88. The highest BCUT2D eigenvalue weighted by atomic mass is 16.2. The molecular formula is C21H31N5O. The summed E-state index contributed by atoms with van der Waals surface area (Å²) in [5, 5.41) is 7.27. The van der Waals surface area contributed by atoms with Crippen molar-refractivity contribution in [3.8, 4) is 0 Å². The van der Waals surface area contributed by atoms with Gasteiger partial charge in [-0.3, -0.25) is 14.8 Å². The summed E-state index contributed by atoms with van der Waals surface area (Å²) in [7, 11) is 1.89. The van der Waals surface area contributed by atoms with E-state index in [1.54, 1.807) is 0 Å². The molecule has 1 amide bonds. The van der Waals surface area contributed by atoms with Crippen molar-refractivity contribution in [3.05, 3.63) is 46.8 Å². The van der Waals surface area contributed by atoms with Crippen molar-refractivity contribution < 1.29 is 4.79 Å². The number of piperazine rings is 1. The summed E-state index contributed by atoms with van der Waals surface area (Å²) in [5.74, 6) is 0.159. The summed E-state index contributed by atoms with van der Waals surface area (Å²) in [6.07, 6.45) is 0. The number of H-pyrrole nitrogens is 1. The Bertz CT molecular complexity index is 772. The Kier molecular flexibility index (Phi) is 5.85. The maximum absolute atomic E-state index is 12.8. The van der Waals surface area contributed by atoms with Gasteiger partial charge in [-0.05, 0) is 45.4 Å². The lowest BCUT2D eigenvalue weighted by Crippen LogP contribution is -2.50. The van der Waals surface area contributed by atoms with Gasteiger partial charge in [0.15, 0.2) is 0 Å². The van der Waals surface area contributed by atoms with Gasteiger partial charge in [-0.15, -0.1) is 0 Å². The number of anilines is 1. The molecule has 2 heterocycles. The van der Waals surface area contributed by atoms with Gasteiger partial charge in [0.25, 0.3) is 0 Å². The smallest absolute Gasteiger partial charge is 0.236 e. The zero-order valence-electron chi connectivity index (χ0n) is 17.1. The number of benzene rings is 1. The van der Waals surface area contributed by atoms with Gasteiger partial charge in [-0.25, -0.2) is 0 Å². The molecule has 146 valence electrons. The van der Waals surface area contributed by atoms with E-state index in [2.05, 4.69) is 58.1 Å². The molecule has 1 atom stereocenters. The molecule has 1 fully saturated rings. The quantitative estimate of drug-likeness (QED) is 0.880. The van der Waals surface area contributed by atoms with Crippen LogP contribution in [-0.4, -0.2) is 65.7 Å². The van der Waals surface area contributed by atoms with E-state index < -0.39 is 0 Å². The van der Waals surface area contributed by atoms with Gasteiger partial charge in [0.05, 0.1) is 18.3 Å². The topological polar surface area (TPSA) is 55.5 Å². The highest BCUT2D eigenvalue weighted by molar-refractivity contribution is 5.78. The second kappa shape index (κ2) is 8.13. The first-order chi connectivity index (χ1) is 12.9. The summed E-state index contributed by atoms with van der Waals surface area (Å²) in [5.41, 5.74) is 5.68. The van der Waals surface area contributed by atoms with Gasteiger partial charge in [0.2, 0.25) is 5.91 Å². The number of amides is 1. The molecule has 27 heavy (non-hydrogen) atoms. The van der Waals surface area contributed by atoms with Crippen molar-refractivity contribution in [1.82, 2.24) is 20.0 Å². The van der Waals surface area contributed by atoms with E-state index in [-0.39, 0.29) is 11.9 Å². The maximum Gasteiger partial charge on any atom is 0.236 e. The van der Waals surface area contributed by atoms with Crippen LogP contribution in [0.25, 0.3) is 0 Å². The van der Waals surface area contributed by atoms with E-state index >= 15 is 0 Å². The first-order valence-corrected chi connectivity index (χ1v) is 9.68. The normalized spacial score (nSPS) is 16.4. The van der Waals surface area contributed by atoms with Crippen LogP contribution in [0, 0.1) is 20.8 Å². The van der Waals surface area contributed by atoms with Crippen LogP contribution in [-0.2, 0) is 4.79 Å². The molecule has 1 aromatic carbocycles. The standard InChI is InChI=1S/C21H31N5O/c1-15-7-6-8-19(13-15)26-11-9-25(10-12-26)14-20(27)24(5)18(4)21-16(2)22-23-17(21)3/h6-8,13,18H,9-12,14H2,1-5H3,(H,22,23). The zero-order valence-corrected chi connectivity index (χ0v) is 17.1. The number of rotatable bonds is 5. The molecule has 1 unspecified atom stereocenters. The second-order valence-electron chi connectivity index (χ2n) is 7.63. The average Bonchev–Trinajstić information content (AvgIpc) is 2.99. The van der Waals surface area contributed by atoms with E-state index in [4.69, 9.17) is 0 Å². The van der Waals surface area contributed by atoms with Crippen LogP contribution in [0.15, 0.2) is 24.3 Å². The van der Waals surface area contributed by atoms with Crippen molar-refractivity contribution in [1.29, 1.82) is 0 Å². The summed E-state index contributed by atoms with van der Waals surface area (Å²) in [4.78, 5) is 19.3. The third-order valence-corrected chi connectivity index (χ3v) is 5.68. The third-order valence-electron chi connectivity index (χ3n) is 5.68. The minimum absolute atomic E-state index is 0.0184. The molecule has 6 nitrogen and oxygen atoms in total. The molecule has 1 aliphatic rings. The van der Waals surface area contributed by atoms with Crippen molar-refractivity contribution in [3.63, 3.8) is 0 Å². The van der Waals surface area contributed by atoms with Gasteiger partial charge in [-0.1, -0.05) is 12.1 Å². The number of carbonyl (C=O) groups is 1. The second-order valence-corrected chi connectivity index (χ2v) is 7.63. The molecule has 0 aliphatic carbocycles. The highest BCUT2D eigenvalue weighted by Gasteiger charge is 2.25. The van der Waals surface area contributed by atoms with Crippen molar-refractivity contribution in [2.45, 2.75) is 33.7 Å². The summed E-state index contributed by atoms with van der Waals surface area (Å²) in [6.45, 7) is 12.4. The molecule has 0 saturated carbocycles. The molecule has 0 bridgehead atoms. The molecule has 1 saturated heterocycles. The number of carbonyl (C=O) groups excluding carboxylic acids is 1. The van der Waals surface area contributed by atoms with Crippen LogP contribution in [0.2, 0.25) is 0 Å². The molecule has 3 rings (SSSR count). The van der Waals surface area contributed by atoms with Gasteiger partial charge in [0, 0.05) is 50.2 Å². The van der Waals surface area contributed by atoms with Gasteiger partial charge >= 0.3 is 0 Å². The zero-order chi connectivity index (χ0) is 19.6. The number of hydrogen-bond donors (Lipinski definition) is 1. The van der Waals surface area contributed by atoms with Crippen molar-refractivity contribution in [2.24, 2.45) is 0 Å². The van der Waals surface area contributed by atoms with Crippen LogP contribution in [0.1, 0.15) is 35.5 Å². The summed E-state index contributed by atoms with van der Waals surface area (Å²) >= 11 is 0. The van der Waals surface area contributed by atoms with Gasteiger partial charge in [-0.2, -0.15) is 5.10 Å². The Balaban J connectivity index is 1.54. The van der Waals surface area contributed by atoms with Crippen LogP contribution < -0.4 is 4.90 Å². The lowest BCUT2D eigenvalue weighted by atomic mass is 10.1. The molecule has 2 aromatic rings. The summed E-state index contributed by atoms with van der Waals surface area (Å²) < 4.78 is 0. The molecular weight excluding hydrogens is 338 g/mol. The Hall–Kier alpha value is -2.34. The molecule has 1 N–H and O–H groups in total. The average molecular weight is 370 g/mol. The predicted octanol–water partition coefficient (Wildman–Crippen LogP) is 2.68. The highest BCUT2D eigenvalue weighted by Crippen LogP contribution is 2.24. The van der Waals surface area contributed by atoms with Crippen molar-refractivity contribution >= 4 is 11.6 Å². The first-order valence-electron chi connectivity index (χ1n) is 9.68. The predicted molar refractivity (Wildman–Crippen MR) is 109 cm³/mol. The first kappa shape index (κ1) is 19.4. The Morgan fingerprint density at radius 1 is 1.22 bits per heavy atom. The van der Waals surface area contributed by atoms with Crippen molar-refractivity contribution in [2.75, 3.05) is 44.7 Å². The SMILES string of the molecule is Cc1cccc(N2CCN(CC(=O)N(C)C(C)c3c(C)n[nH]c3C)CC2)c1. The lowest BCUT2D eigenvalue weighted by molar-refractivity contribution is -0.133. The number of likely N-dealkylation sites (N-methyl/N-ethyl adjacent to an activating group) is 1. The Labute approximate surface area is 162 Å².